The number of aliphatic carboxylic acids is 1. The first-order chi connectivity index (χ1) is 13.0. The number of likely N-dealkylation sites (tertiary alicyclic amines) is 1. The predicted molar refractivity (Wildman–Crippen MR) is 102 cm³/mol. The highest BCUT2D eigenvalue weighted by Gasteiger charge is 2.41. The van der Waals surface area contributed by atoms with Crippen LogP contribution < -0.4 is 0 Å². The number of para-hydroxylation sites is 1. The van der Waals surface area contributed by atoms with E-state index in [0.29, 0.717) is 12.3 Å². The van der Waals surface area contributed by atoms with Crippen molar-refractivity contribution >= 4 is 22.8 Å². The van der Waals surface area contributed by atoms with Crippen molar-refractivity contribution in [1.29, 1.82) is 0 Å². The molecule has 3 aromatic rings. The third kappa shape index (κ3) is 3.21. The van der Waals surface area contributed by atoms with Gasteiger partial charge in [0.2, 0.25) is 5.91 Å². The topological polar surface area (TPSA) is 70.8 Å². The van der Waals surface area contributed by atoms with Crippen molar-refractivity contribution in [3.8, 4) is 0 Å². The van der Waals surface area contributed by atoms with E-state index in [4.69, 9.17) is 4.42 Å². The summed E-state index contributed by atoms with van der Waals surface area (Å²) in [5.74, 6) is -1.61. The SMILES string of the molecule is CC(C(=O)N1C[C@H](C(=O)O)[C@H](c2ccccc2)C1)c1cc2ccccc2o1. The van der Waals surface area contributed by atoms with Crippen LogP contribution in [0.1, 0.15) is 30.1 Å². The highest BCUT2D eigenvalue weighted by molar-refractivity contribution is 5.86. The van der Waals surface area contributed by atoms with Gasteiger partial charge in [-0.2, -0.15) is 0 Å². The first-order valence-electron chi connectivity index (χ1n) is 9.09. The molecule has 1 aromatic heterocycles. The molecule has 2 heterocycles. The lowest BCUT2D eigenvalue weighted by molar-refractivity contribution is -0.142. The summed E-state index contributed by atoms with van der Waals surface area (Å²) in [6, 6.07) is 19.1. The van der Waals surface area contributed by atoms with Crippen LogP contribution in [0.4, 0.5) is 0 Å². The Balaban J connectivity index is 1.57. The third-order valence-electron chi connectivity index (χ3n) is 5.42. The maximum atomic E-state index is 13.0. The number of carboxylic acid groups (broad SMARTS) is 1. The van der Waals surface area contributed by atoms with Gasteiger partial charge >= 0.3 is 5.97 Å². The van der Waals surface area contributed by atoms with Crippen LogP contribution in [-0.4, -0.2) is 35.0 Å². The zero-order chi connectivity index (χ0) is 19.0. The number of carboxylic acids is 1. The first-order valence-corrected chi connectivity index (χ1v) is 9.09. The zero-order valence-electron chi connectivity index (χ0n) is 15.0. The Hall–Kier alpha value is -3.08. The summed E-state index contributed by atoms with van der Waals surface area (Å²) in [5, 5.41) is 10.6. The molecule has 138 valence electrons. The predicted octanol–water partition coefficient (Wildman–Crippen LogP) is 3.86. The fourth-order valence-electron chi connectivity index (χ4n) is 3.88. The van der Waals surface area contributed by atoms with E-state index in [1.807, 2.05) is 67.6 Å². The smallest absolute Gasteiger partial charge is 0.308 e. The molecule has 0 radical (unpaired) electrons. The second-order valence-corrected chi connectivity index (χ2v) is 7.11. The molecule has 1 aliphatic heterocycles. The van der Waals surface area contributed by atoms with Gasteiger partial charge in [-0.15, -0.1) is 0 Å². The van der Waals surface area contributed by atoms with Gasteiger partial charge in [-0.3, -0.25) is 9.59 Å². The molecule has 4 rings (SSSR count). The van der Waals surface area contributed by atoms with Crippen LogP contribution >= 0.6 is 0 Å². The summed E-state index contributed by atoms with van der Waals surface area (Å²) in [7, 11) is 0. The first kappa shape index (κ1) is 17.3. The molecule has 1 saturated heterocycles. The number of hydrogen-bond acceptors (Lipinski definition) is 3. The lowest BCUT2D eigenvalue weighted by Crippen LogP contribution is -2.33. The molecule has 0 aliphatic carbocycles. The molecule has 27 heavy (non-hydrogen) atoms. The minimum absolute atomic E-state index is 0.0984. The number of carbonyl (C=O) groups excluding carboxylic acids is 1. The second kappa shape index (κ2) is 6.91. The number of furan rings is 1. The van der Waals surface area contributed by atoms with Crippen LogP contribution in [-0.2, 0) is 9.59 Å². The highest BCUT2D eigenvalue weighted by atomic mass is 16.4. The Morgan fingerprint density at radius 3 is 2.48 bits per heavy atom. The molecule has 0 bridgehead atoms. The quantitative estimate of drug-likeness (QED) is 0.764. The fraction of sp³-hybridized carbons (Fsp3) is 0.273. The molecule has 0 spiro atoms. The number of fused-ring (bicyclic) bond motifs is 1. The van der Waals surface area contributed by atoms with Crippen molar-refractivity contribution in [2.45, 2.75) is 18.8 Å². The molecule has 1 N–H and O–H groups in total. The standard InChI is InChI=1S/C22H21NO4/c1-14(20-11-16-9-5-6-10-19(16)27-20)21(24)23-12-17(18(13-23)22(25)26)15-7-3-2-4-8-15/h2-11,14,17-18H,12-13H2,1H3,(H,25,26)/t14?,17-,18-/m0/s1. The molecule has 1 unspecified atom stereocenters. The molecular weight excluding hydrogens is 342 g/mol. The van der Waals surface area contributed by atoms with Crippen molar-refractivity contribution in [3.63, 3.8) is 0 Å². The van der Waals surface area contributed by atoms with Crippen LogP contribution in [0.15, 0.2) is 65.1 Å². The van der Waals surface area contributed by atoms with Gasteiger partial charge in [0, 0.05) is 24.4 Å². The maximum Gasteiger partial charge on any atom is 0.308 e. The molecule has 5 nitrogen and oxygen atoms in total. The average molecular weight is 363 g/mol. The maximum absolute atomic E-state index is 13.0. The number of carbonyl (C=O) groups is 2. The summed E-state index contributed by atoms with van der Waals surface area (Å²) in [6.07, 6.45) is 0. The third-order valence-corrected chi connectivity index (χ3v) is 5.42. The lowest BCUT2D eigenvalue weighted by Gasteiger charge is -2.20. The Morgan fingerprint density at radius 1 is 1.07 bits per heavy atom. The monoisotopic (exact) mass is 363 g/mol. The Kier molecular flexibility index (Phi) is 4.44. The van der Waals surface area contributed by atoms with Gasteiger partial charge in [-0.05, 0) is 24.6 Å². The van der Waals surface area contributed by atoms with E-state index >= 15 is 0 Å². The number of nitrogens with zero attached hydrogens (tertiary/aromatic N) is 1. The summed E-state index contributed by atoms with van der Waals surface area (Å²) in [6.45, 7) is 2.44. The van der Waals surface area contributed by atoms with E-state index in [2.05, 4.69) is 0 Å². The van der Waals surface area contributed by atoms with Gasteiger partial charge in [-0.1, -0.05) is 48.5 Å². The highest BCUT2D eigenvalue weighted by Crippen LogP contribution is 2.35. The summed E-state index contributed by atoms with van der Waals surface area (Å²) in [4.78, 5) is 26.5. The normalized spacial score (nSPS) is 20.7. The molecule has 1 fully saturated rings. The van der Waals surface area contributed by atoms with E-state index in [-0.39, 0.29) is 18.4 Å². The number of amides is 1. The van der Waals surface area contributed by atoms with Gasteiger partial charge in [0.25, 0.3) is 0 Å². The van der Waals surface area contributed by atoms with Crippen LogP contribution in [0.2, 0.25) is 0 Å². The lowest BCUT2D eigenvalue weighted by atomic mass is 9.89. The summed E-state index contributed by atoms with van der Waals surface area (Å²) < 4.78 is 5.83. The molecule has 1 amide bonds. The van der Waals surface area contributed by atoms with Crippen molar-refractivity contribution < 1.29 is 19.1 Å². The molecule has 2 aromatic carbocycles. The van der Waals surface area contributed by atoms with Gasteiger partial charge in [-0.25, -0.2) is 0 Å². The van der Waals surface area contributed by atoms with E-state index in [9.17, 15) is 14.7 Å². The van der Waals surface area contributed by atoms with Crippen LogP contribution in [0.5, 0.6) is 0 Å². The summed E-state index contributed by atoms with van der Waals surface area (Å²) in [5.41, 5.74) is 1.70. The van der Waals surface area contributed by atoms with Gasteiger partial charge in [0.1, 0.15) is 11.3 Å². The zero-order valence-corrected chi connectivity index (χ0v) is 15.0. The largest absolute Gasteiger partial charge is 0.481 e. The van der Waals surface area contributed by atoms with Crippen LogP contribution in [0.3, 0.4) is 0 Å². The van der Waals surface area contributed by atoms with E-state index in [1.165, 1.54) is 0 Å². The molecular formula is C22H21NO4. The minimum Gasteiger partial charge on any atom is -0.481 e. The van der Waals surface area contributed by atoms with Gasteiger partial charge in [0.15, 0.2) is 0 Å². The van der Waals surface area contributed by atoms with E-state index in [0.717, 1.165) is 16.5 Å². The number of rotatable bonds is 4. The van der Waals surface area contributed by atoms with Crippen molar-refractivity contribution in [1.82, 2.24) is 4.90 Å². The van der Waals surface area contributed by atoms with Crippen molar-refractivity contribution in [3.05, 3.63) is 72.0 Å². The van der Waals surface area contributed by atoms with Crippen molar-refractivity contribution in [2.75, 3.05) is 13.1 Å². The Morgan fingerprint density at radius 2 is 1.78 bits per heavy atom. The summed E-state index contributed by atoms with van der Waals surface area (Å²) >= 11 is 0. The molecule has 1 aliphatic rings. The van der Waals surface area contributed by atoms with Gasteiger partial charge in [0.05, 0.1) is 11.8 Å². The average Bonchev–Trinajstić information content (AvgIpc) is 3.32. The second-order valence-electron chi connectivity index (χ2n) is 7.11. The van der Waals surface area contributed by atoms with E-state index < -0.39 is 17.8 Å². The van der Waals surface area contributed by atoms with Crippen LogP contribution in [0.25, 0.3) is 11.0 Å². The molecule has 0 saturated carbocycles. The minimum atomic E-state index is -0.865. The van der Waals surface area contributed by atoms with Crippen LogP contribution in [0, 0.1) is 5.92 Å². The Bertz CT molecular complexity index is 945. The van der Waals surface area contributed by atoms with Crippen molar-refractivity contribution in [2.24, 2.45) is 5.92 Å². The number of benzene rings is 2. The van der Waals surface area contributed by atoms with E-state index in [1.54, 1.807) is 4.90 Å². The fourth-order valence-corrected chi connectivity index (χ4v) is 3.88. The Labute approximate surface area is 157 Å². The molecule has 3 atom stereocenters. The van der Waals surface area contributed by atoms with Gasteiger partial charge < -0.3 is 14.4 Å². The number of hydrogen-bond donors (Lipinski definition) is 1. The molecule has 5 heteroatoms.